The minimum absolute atomic E-state index is 0.0649. The lowest BCUT2D eigenvalue weighted by Crippen LogP contribution is -2.46. The first-order valence-electron chi connectivity index (χ1n) is 13.1. The van der Waals surface area contributed by atoms with Crippen molar-refractivity contribution in [3.05, 3.63) is 82.7 Å². The minimum Gasteiger partial charge on any atom is -0.441 e. The number of carbonyl (C=O) groups excluding carboxylic acids is 1. The van der Waals surface area contributed by atoms with Crippen LogP contribution in [-0.2, 0) is 15.6 Å². The van der Waals surface area contributed by atoms with Gasteiger partial charge in [-0.05, 0) is 93.2 Å². The molecule has 1 atom stereocenters. The summed E-state index contributed by atoms with van der Waals surface area (Å²) in [5.41, 5.74) is 5.58. The maximum Gasteiger partial charge on any atom is 0.412 e. The van der Waals surface area contributed by atoms with Crippen molar-refractivity contribution >= 4 is 11.8 Å². The summed E-state index contributed by atoms with van der Waals surface area (Å²) in [7, 11) is 0. The zero-order valence-electron chi connectivity index (χ0n) is 20.7. The summed E-state index contributed by atoms with van der Waals surface area (Å²) in [6, 6.07) is 19.3. The summed E-state index contributed by atoms with van der Waals surface area (Å²) >= 11 is 0. The van der Waals surface area contributed by atoms with E-state index >= 15 is 0 Å². The second kappa shape index (κ2) is 8.54. The van der Waals surface area contributed by atoms with Gasteiger partial charge in [-0.15, -0.1) is 0 Å². The topological polar surface area (TPSA) is 64.4 Å². The van der Waals surface area contributed by atoms with Crippen LogP contribution in [-0.4, -0.2) is 11.2 Å². The average Bonchev–Trinajstić information content (AvgIpc) is 3.69. The molecule has 3 aromatic rings. The van der Waals surface area contributed by atoms with Gasteiger partial charge in [-0.3, -0.25) is 5.32 Å². The maximum atomic E-state index is 12.8. The van der Waals surface area contributed by atoms with E-state index in [-0.39, 0.29) is 16.9 Å². The number of ether oxygens (including phenoxy) is 1. The molecule has 2 bridgehead atoms. The molecule has 0 spiro atoms. The Hall–Kier alpha value is -3.08. The number of hydrogen-bond acceptors (Lipinski definition) is 4. The first kappa shape index (κ1) is 22.4. The van der Waals surface area contributed by atoms with Gasteiger partial charge in [0.05, 0.1) is 0 Å². The molecule has 182 valence electrons. The fraction of sp³-hybridized carbons (Fsp3) is 0.467. The number of benzene rings is 2. The molecule has 4 aliphatic rings. The fourth-order valence-corrected chi connectivity index (χ4v) is 6.45. The molecule has 7 rings (SSSR count). The molecule has 1 aromatic heterocycles. The van der Waals surface area contributed by atoms with Gasteiger partial charge in [-0.1, -0.05) is 59.8 Å². The van der Waals surface area contributed by atoms with Crippen LogP contribution in [0.4, 0.5) is 10.5 Å². The molecule has 1 amide bonds. The highest BCUT2D eigenvalue weighted by molar-refractivity contribution is 5.86. The van der Waals surface area contributed by atoms with E-state index in [1.807, 2.05) is 44.2 Å². The molecule has 4 fully saturated rings. The lowest BCUT2D eigenvalue weighted by Gasteiger charge is -2.53. The van der Waals surface area contributed by atoms with E-state index in [0.717, 1.165) is 55.8 Å². The standard InChI is InChI=1S/C30H34N2O3/c1-20-26(31-28(33)34-21(2)22-6-4-3-5-7-22)27(35-32-20)30-17-14-29(15-18-30,16-19-30)25-12-10-24(11-13-25)23-8-9-23/h3-7,10-13,21,23H,8-9,14-19H2,1-2H3,(H,31,33). The first-order valence-corrected chi connectivity index (χ1v) is 13.1. The van der Waals surface area contributed by atoms with Crippen LogP contribution in [0.15, 0.2) is 59.1 Å². The summed E-state index contributed by atoms with van der Waals surface area (Å²) in [6.07, 6.45) is 8.47. The van der Waals surface area contributed by atoms with Gasteiger partial charge in [-0.25, -0.2) is 4.79 Å². The Labute approximate surface area is 207 Å². The highest BCUT2D eigenvalue weighted by Gasteiger charge is 2.53. The lowest BCUT2D eigenvalue weighted by atomic mass is 9.51. The first-order chi connectivity index (χ1) is 17.0. The number of carbonyl (C=O) groups is 1. The van der Waals surface area contributed by atoms with Crippen molar-refractivity contribution in [1.29, 1.82) is 0 Å². The van der Waals surface area contributed by atoms with E-state index in [0.29, 0.717) is 11.4 Å². The van der Waals surface area contributed by atoms with Gasteiger partial charge in [0, 0.05) is 5.41 Å². The lowest BCUT2D eigenvalue weighted by molar-refractivity contribution is 0.0800. The van der Waals surface area contributed by atoms with Crippen LogP contribution in [0.3, 0.4) is 0 Å². The van der Waals surface area contributed by atoms with Gasteiger partial charge in [0.25, 0.3) is 0 Å². The van der Waals surface area contributed by atoms with Gasteiger partial charge in [0.1, 0.15) is 17.5 Å². The van der Waals surface area contributed by atoms with Gasteiger partial charge < -0.3 is 9.26 Å². The molecule has 35 heavy (non-hydrogen) atoms. The summed E-state index contributed by atoms with van der Waals surface area (Å²) in [5, 5.41) is 7.23. The predicted molar refractivity (Wildman–Crippen MR) is 136 cm³/mol. The smallest absolute Gasteiger partial charge is 0.412 e. The van der Waals surface area contributed by atoms with Gasteiger partial charge in [-0.2, -0.15) is 0 Å². The summed E-state index contributed by atoms with van der Waals surface area (Å²) in [5.74, 6) is 1.63. The maximum absolute atomic E-state index is 12.8. The van der Waals surface area contributed by atoms with Crippen LogP contribution < -0.4 is 5.32 Å². The number of anilines is 1. The van der Waals surface area contributed by atoms with Crippen molar-refractivity contribution < 1.29 is 14.1 Å². The Morgan fingerprint density at radius 1 is 0.971 bits per heavy atom. The molecule has 0 saturated heterocycles. The third kappa shape index (κ3) is 4.05. The normalized spacial score (nSPS) is 26.3. The van der Waals surface area contributed by atoms with Gasteiger partial charge in [0.15, 0.2) is 5.76 Å². The Bertz CT molecular complexity index is 1190. The van der Waals surface area contributed by atoms with Crippen molar-refractivity contribution in [3.8, 4) is 0 Å². The second-order valence-electron chi connectivity index (χ2n) is 11.0. The quantitative estimate of drug-likeness (QED) is 0.401. The Balaban J connectivity index is 1.16. The highest BCUT2D eigenvalue weighted by Crippen LogP contribution is 2.60. The van der Waals surface area contributed by atoms with Crippen LogP contribution in [0.5, 0.6) is 0 Å². The Morgan fingerprint density at radius 3 is 2.23 bits per heavy atom. The number of rotatable bonds is 6. The number of aryl methyl sites for hydroxylation is 1. The van der Waals surface area contributed by atoms with Crippen molar-refractivity contribution in [2.45, 2.75) is 88.1 Å². The average molecular weight is 471 g/mol. The largest absolute Gasteiger partial charge is 0.441 e. The van der Waals surface area contributed by atoms with Crippen molar-refractivity contribution in [2.75, 3.05) is 5.32 Å². The molecule has 5 nitrogen and oxygen atoms in total. The SMILES string of the molecule is Cc1noc(C23CCC(c4ccc(C5CC5)cc4)(CC2)CC3)c1NC(=O)OC(C)c1ccccc1. The third-order valence-electron chi connectivity index (χ3n) is 8.94. The molecule has 0 radical (unpaired) electrons. The minimum atomic E-state index is -0.470. The van der Waals surface area contributed by atoms with Crippen LogP contribution in [0.25, 0.3) is 0 Å². The van der Waals surface area contributed by atoms with Crippen molar-refractivity contribution in [1.82, 2.24) is 5.16 Å². The van der Waals surface area contributed by atoms with E-state index in [4.69, 9.17) is 9.26 Å². The molecule has 5 heteroatoms. The van der Waals surface area contributed by atoms with Gasteiger partial charge >= 0.3 is 6.09 Å². The number of nitrogens with one attached hydrogen (secondary N) is 1. The summed E-state index contributed by atoms with van der Waals surface area (Å²) in [6.45, 7) is 3.77. The van der Waals surface area contributed by atoms with Crippen LogP contribution >= 0.6 is 0 Å². The predicted octanol–water partition coefficient (Wildman–Crippen LogP) is 7.71. The van der Waals surface area contributed by atoms with Crippen LogP contribution in [0.2, 0.25) is 0 Å². The van der Waals surface area contributed by atoms with E-state index in [2.05, 4.69) is 34.7 Å². The molecular formula is C30H34N2O3. The zero-order chi connectivity index (χ0) is 24.0. The number of fused-ring (bicyclic) bond motifs is 3. The van der Waals surface area contributed by atoms with E-state index in [1.54, 1.807) is 0 Å². The molecule has 4 saturated carbocycles. The molecular weight excluding hydrogens is 436 g/mol. The number of nitrogens with zero attached hydrogens (tertiary/aromatic N) is 1. The number of hydrogen-bond donors (Lipinski definition) is 1. The monoisotopic (exact) mass is 470 g/mol. The Kier molecular flexibility index (Phi) is 5.46. The zero-order valence-corrected chi connectivity index (χ0v) is 20.7. The van der Waals surface area contributed by atoms with Crippen molar-refractivity contribution in [3.63, 3.8) is 0 Å². The van der Waals surface area contributed by atoms with E-state index < -0.39 is 6.09 Å². The van der Waals surface area contributed by atoms with Crippen LogP contribution in [0, 0.1) is 6.92 Å². The molecule has 1 unspecified atom stereocenters. The van der Waals surface area contributed by atoms with Crippen LogP contribution in [0.1, 0.15) is 98.5 Å². The third-order valence-corrected chi connectivity index (χ3v) is 8.94. The number of amides is 1. The highest BCUT2D eigenvalue weighted by atomic mass is 16.6. The molecule has 1 heterocycles. The summed E-state index contributed by atoms with van der Waals surface area (Å²) in [4.78, 5) is 12.8. The second-order valence-corrected chi connectivity index (χ2v) is 11.0. The fourth-order valence-electron chi connectivity index (χ4n) is 6.45. The molecule has 4 aliphatic carbocycles. The molecule has 1 N–H and O–H groups in total. The Morgan fingerprint density at radius 2 is 1.60 bits per heavy atom. The van der Waals surface area contributed by atoms with E-state index in [1.165, 1.54) is 24.0 Å². The molecule has 2 aromatic carbocycles. The number of aromatic nitrogens is 1. The molecule has 0 aliphatic heterocycles. The van der Waals surface area contributed by atoms with Crippen molar-refractivity contribution in [2.24, 2.45) is 0 Å². The van der Waals surface area contributed by atoms with Gasteiger partial charge in [0.2, 0.25) is 0 Å². The summed E-state index contributed by atoms with van der Waals surface area (Å²) < 4.78 is 11.6. The van der Waals surface area contributed by atoms with E-state index in [9.17, 15) is 4.79 Å².